The van der Waals surface area contributed by atoms with Crippen molar-refractivity contribution in [2.24, 2.45) is 0 Å². The number of anilines is 1. The average molecular weight is 683 g/mol. The Hall–Kier alpha value is -4.05. The highest BCUT2D eigenvalue weighted by atomic mass is 35.5. The van der Waals surface area contributed by atoms with Gasteiger partial charge in [-0.3, -0.25) is 13.9 Å². The number of nitrogens with zero attached hydrogens (tertiary/aromatic N) is 2. The van der Waals surface area contributed by atoms with Gasteiger partial charge in [-0.2, -0.15) is 0 Å². The van der Waals surface area contributed by atoms with Gasteiger partial charge in [-0.15, -0.1) is 0 Å². The number of hydrogen-bond acceptors (Lipinski definition) is 5. The van der Waals surface area contributed by atoms with E-state index in [1.807, 2.05) is 44.2 Å². The van der Waals surface area contributed by atoms with Gasteiger partial charge in [-0.05, 0) is 73.0 Å². The summed E-state index contributed by atoms with van der Waals surface area (Å²) in [4.78, 5) is 29.9. The monoisotopic (exact) mass is 681 g/mol. The molecule has 0 bridgehead atoms. The first kappa shape index (κ1) is 34.8. The molecule has 4 aromatic rings. The summed E-state index contributed by atoms with van der Waals surface area (Å²) >= 11 is 12.5. The van der Waals surface area contributed by atoms with Crippen molar-refractivity contribution in [2.75, 3.05) is 18.0 Å². The van der Waals surface area contributed by atoms with E-state index in [4.69, 9.17) is 27.9 Å². The minimum absolute atomic E-state index is 0.0185. The van der Waals surface area contributed by atoms with Crippen LogP contribution in [0.2, 0.25) is 10.0 Å². The summed E-state index contributed by atoms with van der Waals surface area (Å²) in [6.07, 6.45) is 0.884. The van der Waals surface area contributed by atoms with Crippen molar-refractivity contribution >= 4 is 50.7 Å². The summed E-state index contributed by atoms with van der Waals surface area (Å²) in [5.41, 5.74) is 1.72. The van der Waals surface area contributed by atoms with Gasteiger partial charge in [0.25, 0.3) is 10.0 Å². The van der Waals surface area contributed by atoms with E-state index in [2.05, 4.69) is 5.32 Å². The molecule has 46 heavy (non-hydrogen) atoms. The summed E-state index contributed by atoms with van der Waals surface area (Å²) in [5.74, 6) is -0.409. The Morgan fingerprint density at radius 1 is 0.848 bits per heavy atom. The zero-order valence-electron chi connectivity index (χ0n) is 25.9. The van der Waals surface area contributed by atoms with Crippen molar-refractivity contribution < 1.29 is 22.7 Å². The number of rotatable bonds is 14. The van der Waals surface area contributed by atoms with Crippen LogP contribution < -0.4 is 14.4 Å². The molecule has 1 N–H and O–H groups in total. The molecular formula is C35H37Cl2N3O5S. The van der Waals surface area contributed by atoms with Crippen LogP contribution in [0, 0.1) is 0 Å². The van der Waals surface area contributed by atoms with Crippen molar-refractivity contribution in [3.05, 3.63) is 124 Å². The van der Waals surface area contributed by atoms with E-state index in [-0.39, 0.29) is 35.5 Å². The molecule has 0 saturated carbocycles. The van der Waals surface area contributed by atoms with Crippen molar-refractivity contribution in [2.45, 2.75) is 50.2 Å². The van der Waals surface area contributed by atoms with Gasteiger partial charge in [0, 0.05) is 19.0 Å². The second-order valence-corrected chi connectivity index (χ2v) is 13.5. The van der Waals surface area contributed by atoms with Crippen LogP contribution in [-0.4, -0.2) is 50.9 Å². The molecular weight excluding hydrogens is 645 g/mol. The number of carbonyl (C=O) groups is 2. The minimum atomic E-state index is -4.21. The largest absolute Gasteiger partial charge is 0.497 e. The van der Waals surface area contributed by atoms with Crippen LogP contribution in [0.3, 0.4) is 0 Å². The molecule has 0 aliphatic heterocycles. The van der Waals surface area contributed by atoms with Crippen molar-refractivity contribution in [3.8, 4) is 5.75 Å². The molecule has 4 rings (SSSR count). The Morgan fingerprint density at radius 3 is 2.07 bits per heavy atom. The molecule has 0 heterocycles. The van der Waals surface area contributed by atoms with Gasteiger partial charge in [-0.25, -0.2) is 8.42 Å². The topological polar surface area (TPSA) is 96.0 Å². The molecule has 2 amide bonds. The number of amides is 2. The Balaban J connectivity index is 1.81. The quantitative estimate of drug-likeness (QED) is 0.159. The van der Waals surface area contributed by atoms with E-state index in [1.165, 1.54) is 24.1 Å². The van der Waals surface area contributed by atoms with Crippen LogP contribution >= 0.6 is 23.2 Å². The molecule has 0 aromatic heterocycles. The molecule has 0 unspecified atom stereocenters. The van der Waals surface area contributed by atoms with Crippen LogP contribution in [0.15, 0.2) is 108 Å². The number of halogens is 2. The molecule has 0 aliphatic rings. The molecule has 0 radical (unpaired) electrons. The molecule has 0 aliphatic carbocycles. The Labute approximate surface area is 280 Å². The van der Waals surface area contributed by atoms with E-state index < -0.39 is 28.5 Å². The summed E-state index contributed by atoms with van der Waals surface area (Å²) in [6.45, 7) is 3.24. The van der Waals surface area contributed by atoms with Crippen LogP contribution in [0.4, 0.5) is 5.69 Å². The summed E-state index contributed by atoms with van der Waals surface area (Å²) < 4.78 is 34.5. The van der Waals surface area contributed by atoms with E-state index in [1.54, 1.807) is 60.7 Å². The second kappa shape index (κ2) is 16.0. The zero-order valence-corrected chi connectivity index (χ0v) is 28.2. The predicted molar refractivity (Wildman–Crippen MR) is 183 cm³/mol. The summed E-state index contributed by atoms with van der Waals surface area (Å²) in [5, 5.41) is 3.66. The van der Waals surface area contributed by atoms with Crippen molar-refractivity contribution in [3.63, 3.8) is 0 Å². The lowest BCUT2D eigenvalue weighted by atomic mass is 10.0. The molecule has 0 fully saturated rings. The fourth-order valence-electron chi connectivity index (χ4n) is 4.83. The zero-order chi connectivity index (χ0) is 33.3. The molecule has 0 saturated heterocycles. The van der Waals surface area contributed by atoms with Crippen molar-refractivity contribution in [1.82, 2.24) is 10.2 Å². The Kier molecular flexibility index (Phi) is 12.1. The van der Waals surface area contributed by atoms with Gasteiger partial charge < -0.3 is 15.0 Å². The van der Waals surface area contributed by atoms with E-state index >= 15 is 0 Å². The molecule has 242 valence electrons. The number of hydrogen-bond donors (Lipinski definition) is 1. The molecule has 2 atom stereocenters. The number of carbonyl (C=O) groups excluding carboxylic acids is 2. The summed E-state index contributed by atoms with van der Waals surface area (Å²) in [6, 6.07) is 27.5. The van der Waals surface area contributed by atoms with Crippen LogP contribution in [-0.2, 0) is 32.6 Å². The number of benzene rings is 4. The van der Waals surface area contributed by atoms with Gasteiger partial charge in [0.2, 0.25) is 11.8 Å². The third kappa shape index (κ3) is 8.81. The summed E-state index contributed by atoms with van der Waals surface area (Å²) in [7, 11) is -2.70. The van der Waals surface area contributed by atoms with Crippen LogP contribution in [0.1, 0.15) is 31.4 Å². The highest BCUT2D eigenvalue weighted by Gasteiger charge is 2.35. The Morgan fingerprint density at radius 2 is 1.48 bits per heavy atom. The molecule has 11 heteroatoms. The number of nitrogens with one attached hydrogen (secondary N) is 1. The first-order valence-electron chi connectivity index (χ1n) is 14.8. The maximum Gasteiger partial charge on any atom is 0.264 e. The number of ether oxygens (including phenoxy) is 1. The fourth-order valence-corrected chi connectivity index (χ4v) is 6.58. The predicted octanol–water partition coefficient (Wildman–Crippen LogP) is 6.75. The normalized spacial score (nSPS) is 12.5. The highest BCUT2D eigenvalue weighted by molar-refractivity contribution is 7.92. The van der Waals surface area contributed by atoms with E-state index in [0.717, 1.165) is 9.87 Å². The smallest absolute Gasteiger partial charge is 0.264 e. The van der Waals surface area contributed by atoms with E-state index in [0.29, 0.717) is 27.8 Å². The molecule has 4 aromatic carbocycles. The van der Waals surface area contributed by atoms with Crippen molar-refractivity contribution in [1.29, 1.82) is 0 Å². The first-order chi connectivity index (χ1) is 22.0. The van der Waals surface area contributed by atoms with Crippen LogP contribution in [0.25, 0.3) is 0 Å². The average Bonchev–Trinajstić information content (AvgIpc) is 3.07. The number of sulfonamides is 1. The second-order valence-electron chi connectivity index (χ2n) is 10.8. The van der Waals surface area contributed by atoms with Gasteiger partial charge in [0.1, 0.15) is 18.3 Å². The minimum Gasteiger partial charge on any atom is -0.497 e. The lowest BCUT2D eigenvalue weighted by Gasteiger charge is -2.34. The van der Waals surface area contributed by atoms with Gasteiger partial charge in [0.15, 0.2) is 0 Å². The van der Waals surface area contributed by atoms with E-state index in [9.17, 15) is 18.0 Å². The number of methoxy groups -OCH3 is 1. The molecule has 8 nitrogen and oxygen atoms in total. The lowest BCUT2D eigenvalue weighted by molar-refractivity contribution is -0.140. The highest BCUT2D eigenvalue weighted by Crippen LogP contribution is 2.28. The fraction of sp³-hybridized carbons (Fsp3) is 0.257. The SMILES string of the molecule is CC[C@@H](C)NC(=O)[C@H](Cc1ccccc1)N(Cc1ccc(Cl)c(Cl)c1)C(=O)CN(c1ccc(OC)cc1)S(=O)(=O)c1ccccc1. The molecule has 0 spiro atoms. The van der Waals surface area contributed by atoms with Crippen LogP contribution in [0.5, 0.6) is 5.75 Å². The van der Waals surface area contributed by atoms with Gasteiger partial charge in [0.05, 0.1) is 27.7 Å². The van der Waals surface area contributed by atoms with Gasteiger partial charge >= 0.3 is 0 Å². The van der Waals surface area contributed by atoms with Gasteiger partial charge in [-0.1, -0.05) is 84.7 Å². The maximum absolute atomic E-state index is 14.5. The third-order valence-electron chi connectivity index (χ3n) is 7.58. The third-order valence-corrected chi connectivity index (χ3v) is 10.1. The standard InChI is InChI=1S/C35H37Cl2N3O5S/c1-4-25(2)38-35(42)33(22-26-11-7-5-8-12-26)39(23-27-15-20-31(36)32(37)21-27)34(41)24-40(28-16-18-29(45-3)19-17-28)46(43,44)30-13-9-6-10-14-30/h5-21,25,33H,4,22-24H2,1-3H3,(H,38,42)/t25-,33+/m1/s1. The first-order valence-corrected chi connectivity index (χ1v) is 17.0. The lowest BCUT2D eigenvalue weighted by Crippen LogP contribution is -2.54. The maximum atomic E-state index is 14.5. The Bertz CT molecular complexity index is 1720.